The lowest BCUT2D eigenvalue weighted by molar-refractivity contribution is -0.914. The molecule has 162 valence electrons. The van der Waals surface area contributed by atoms with E-state index < -0.39 is 0 Å². The van der Waals surface area contributed by atoms with Gasteiger partial charge in [-0.2, -0.15) is 0 Å². The van der Waals surface area contributed by atoms with Crippen LogP contribution >= 0.6 is 0 Å². The smallest absolute Gasteiger partial charge is 0.278 e. The average molecular weight is 415 g/mol. The summed E-state index contributed by atoms with van der Waals surface area (Å²) >= 11 is 0. The van der Waals surface area contributed by atoms with Crippen LogP contribution in [0.1, 0.15) is 12.5 Å². The maximum atomic E-state index is 12.7. The summed E-state index contributed by atoms with van der Waals surface area (Å²) in [5.74, 6) is 2.28. The number of rotatable bonds is 8. The molecule has 2 N–H and O–H groups in total. The predicted molar refractivity (Wildman–Crippen MR) is 117 cm³/mol. The Hall–Kier alpha value is -2.93. The third kappa shape index (κ3) is 5.16. The van der Waals surface area contributed by atoms with E-state index in [-0.39, 0.29) is 11.9 Å². The number of nitrogens with zero attached hydrogens (tertiary/aromatic N) is 1. The minimum absolute atomic E-state index is 0.0673. The maximum absolute atomic E-state index is 12.7. The molecule has 1 saturated heterocycles. The normalized spacial score (nSPS) is 15.4. The first-order valence-electron chi connectivity index (χ1n) is 10.3. The van der Waals surface area contributed by atoms with Crippen molar-refractivity contribution in [2.24, 2.45) is 0 Å². The van der Waals surface area contributed by atoms with Gasteiger partial charge in [0.15, 0.2) is 17.5 Å². The van der Waals surface area contributed by atoms with Gasteiger partial charge in [-0.05, 0) is 48.9 Å². The van der Waals surface area contributed by atoms with Crippen LogP contribution in [0.3, 0.4) is 0 Å². The first-order valence-corrected chi connectivity index (χ1v) is 10.3. The van der Waals surface area contributed by atoms with E-state index in [2.05, 4.69) is 22.3 Å². The SMILES string of the molecule is COc1ccc(N2CC[NH+]([C@@H](C)C(=O)NCc3ccc(OC)c(OC)c3)CC2)cc1. The zero-order valence-electron chi connectivity index (χ0n) is 18.2. The van der Waals surface area contributed by atoms with Crippen LogP contribution in [0.25, 0.3) is 0 Å². The van der Waals surface area contributed by atoms with E-state index in [0.29, 0.717) is 18.0 Å². The van der Waals surface area contributed by atoms with Crippen molar-refractivity contribution in [3.8, 4) is 17.2 Å². The zero-order chi connectivity index (χ0) is 21.5. The van der Waals surface area contributed by atoms with E-state index in [0.717, 1.165) is 37.5 Å². The first kappa shape index (κ1) is 21.8. The molecule has 0 unspecified atom stereocenters. The standard InChI is InChI=1S/C23H31N3O4/c1-17(23(27)24-16-18-5-10-21(29-3)22(15-18)30-4)25-11-13-26(14-12-25)19-6-8-20(28-2)9-7-19/h5-10,15,17H,11-14,16H2,1-4H3,(H,24,27)/p+1/t17-/m0/s1. The Morgan fingerprint density at radius 2 is 1.67 bits per heavy atom. The van der Waals surface area contributed by atoms with Crippen LogP contribution in [0, 0.1) is 0 Å². The quantitative estimate of drug-likeness (QED) is 0.678. The number of benzene rings is 2. The second-order valence-corrected chi connectivity index (χ2v) is 7.47. The summed E-state index contributed by atoms with van der Waals surface area (Å²) in [4.78, 5) is 16.4. The number of anilines is 1. The molecule has 1 fully saturated rings. The minimum atomic E-state index is -0.0943. The number of quaternary nitrogens is 1. The molecule has 1 atom stereocenters. The number of hydrogen-bond donors (Lipinski definition) is 2. The van der Waals surface area contributed by atoms with Crippen LogP contribution in [-0.2, 0) is 11.3 Å². The predicted octanol–water partition coefficient (Wildman–Crippen LogP) is 1.12. The summed E-state index contributed by atoms with van der Waals surface area (Å²) in [6, 6.07) is 13.7. The number of amides is 1. The van der Waals surface area contributed by atoms with Crippen LogP contribution in [0.5, 0.6) is 17.2 Å². The molecular weight excluding hydrogens is 382 g/mol. The Morgan fingerprint density at radius 3 is 2.27 bits per heavy atom. The topological polar surface area (TPSA) is 64.5 Å². The van der Waals surface area contributed by atoms with Gasteiger partial charge in [0, 0.05) is 12.2 Å². The molecule has 1 amide bonds. The molecule has 0 aromatic heterocycles. The van der Waals surface area contributed by atoms with Gasteiger partial charge >= 0.3 is 0 Å². The van der Waals surface area contributed by atoms with E-state index >= 15 is 0 Å². The highest BCUT2D eigenvalue weighted by Gasteiger charge is 2.29. The van der Waals surface area contributed by atoms with Crippen molar-refractivity contribution >= 4 is 11.6 Å². The summed E-state index contributed by atoms with van der Waals surface area (Å²) in [6.07, 6.45) is 0. The zero-order valence-corrected chi connectivity index (χ0v) is 18.2. The van der Waals surface area contributed by atoms with E-state index in [1.165, 1.54) is 10.6 Å². The highest BCUT2D eigenvalue weighted by atomic mass is 16.5. The fraction of sp³-hybridized carbons (Fsp3) is 0.435. The highest BCUT2D eigenvalue weighted by molar-refractivity contribution is 5.79. The lowest BCUT2D eigenvalue weighted by Crippen LogP contribution is -3.19. The van der Waals surface area contributed by atoms with Crippen molar-refractivity contribution in [2.45, 2.75) is 19.5 Å². The molecule has 2 aromatic carbocycles. The highest BCUT2D eigenvalue weighted by Crippen LogP contribution is 2.27. The molecule has 3 rings (SSSR count). The number of carbonyl (C=O) groups is 1. The molecule has 0 radical (unpaired) electrons. The molecule has 0 saturated carbocycles. The van der Waals surface area contributed by atoms with Gasteiger partial charge in [-0.15, -0.1) is 0 Å². The third-order valence-electron chi connectivity index (χ3n) is 5.76. The van der Waals surface area contributed by atoms with Gasteiger partial charge < -0.3 is 29.3 Å². The van der Waals surface area contributed by atoms with Gasteiger partial charge in [0.05, 0.1) is 47.5 Å². The van der Waals surface area contributed by atoms with Crippen molar-refractivity contribution in [1.82, 2.24) is 5.32 Å². The Bertz CT molecular complexity index is 833. The third-order valence-corrected chi connectivity index (χ3v) is 5.76. The lowest BCUT2D eigenvalue weighted by Gasteiger charge is -2.36. The summed E-state index contributed by atoms with van der Waals surface area (Å²) < 4.78 is 15.8. The molecule has 7 nitrogen and oxygen atoms in total. The van der Waals surface area contributed by atoms with Crippen LogP contribution in [-0.4, -0.2) is 59.5 Å². The molecule has 2 aromatic rings. The van der Waals surface area contributed by atoms with E-state index in [9.17, 15) is 4.79 Å². The van der Waals surface area contributed by atoms with Crippen molar-refractivity contribution in [1.29, 1.82) is 0 Å². The molecule has 0 spiro atoms. The van der Waals surface area contributed by atoms with Gasteiger partial charge in [0.2, 0.25) is 0 Å². The fourth-order valence-corrected chi connectivity index (χ4v) is 3.80. The number of carbonyl (C=O) groups excluding carboxylic acids is 1. The fourth-order valence-electron chi connectivity index (χ4n) is 3.80. The number of nitrogens with one attached hydrogen (secondary N) is 2. The van der Waals surface area contributed by atoms with Gasteiger partial charge in [-0.3, -0.25) is 4.79 Å². The van der Waals surface area contributed by atoms with Gasteiger partial charge in [-0.1, -0.05) is 6.07 Å². The minimum Gasteiger partial charge on any atom is -0.497 e. The van der Waals surface area contributed by atoms with Crippen LogP contribution < -0.4 is 29.3 Å². The molecule has 0 bridgehead atoms. The summed E-state index contributed by atoms with van der Waals surface area (Å²) in [6.45, 7) is 6.18. The largest absolute Gasteiger partial charge is 0.497 e. The molecule has 1 aliphatic rings. The second-order valence-electron chi connectivity index (χ2n) is 7.47. The lowest BCUT2D eigenvalue weighted by atomic mass is 10.1. The van der Waals surface area contributed by atoms with Crippen LogP contribution in [0.15, 0.2) is 42.5 Å². The Kier molecular flexibility index (Phi) is 7.41. The number of hydrogen-bond acceptors (Lipinski definition) is 5. The number of methoxy groups -OCH3 is 3. The summed E-state index contributed by atoms with van der Waals surface area (Å²) in [5, 5.41) is 3.06. The molecule has 0 aliphatic carbocycles. The second kappa shape index (κ2) is 10.2. The Balaban J connectivity index is 1.49. The summed E-state index contributed by atoms with van der Waals surface area (Å²) in [7, 11) is 4.89. The van der Waals surface area contributed by atoms with Crippen molar-refractivity contribution in [3.05, 3.63) is 48.0 Å². The van der Waals surface area contributed by atoms with E-state index in [4.69, 9.17) is 14.2 Å². The number of ether oxygens (including phenoxy) is 3. The summed E-state index contributed by atoms with van der Waals surface area (Å²) in [5.41, 5.74) is 2.17. The average Bonchev–Trinajstić information content (AvgIpc) is 2.82. The van der Waals surface area contributed by atoms with Gasteiger partial charge in [0.1, 0.15) is 5.75 Å². The van der Waals surface area contributed by atoms with E-state index in [1.807, 2.05) is 37.3 Å². The molecule has 1 aliphatic heterocycles. The Labute approximate surface area is 178 Å². The van der Waals surface area contributed by atoms with Crippen LogP contribution in [0.2, 0.25) is 0 Å². The van der Waals surface area contributed by atoms with Gasteiger partial charge in [0.25, 0.3) is 5.91 Å². The van der Waals surface area contributed by atoms with Crippen molar-refractivity contribution < 1.29 is 23.9 Å². The molecule has 7 heteroatoms. The number of piperazine rings is 1. The van der Waals surface area contributed by atoms with Crippen molar-refractivity contribution in [2.75, 3.05) is 52.4 Å². The first-order chi connectivity index (χ1) is 14.5. The Morgan fingerprint density at radius 1 is 1.00 bits per heavy atom. The van der Waals surface area contributed by atoms with Crippen LogP contribution in [0.4, 0.5) is 5.69 Å². The molecular formula is C23H32N3O4+. The maximum Gasteiger partial charge on any atom is 0.278 e. The van der Waals surface area contributed by atoms with Crippen molar-refractivity contribution in [3.63, 3.8) is 0 Å². The molecule has 30 heavy (non-hydrogen) atoms. The monoisotopic (exact) mass is 414 g/mol. The van der Waals surface area contributed by atoms with E-state index in [1.54, 1.807) is 21.3 Å². The van der Waals surface area contributed by atoms with Gasteiger partial charge in [-0.25, -0.2) is 0 Å². The molecule has 1 heterocycles.